The number of piperidine rings is 1. The quantitative estimate of drug-likeness (QED) is 0.281. The molecule has 1 spiro atoms. The molecule has 2 fully saturated rings. The zero-order chi connectivity index (χ0) is 35.9. The Labute approximate surface area is 268 Å². The number of para-hydroxylation sites is 1. The maximum absolute atomic E-state index is 13.4. The molecule has 3 heterocycles. The minimum absolute atomic E-state index is 0.0432. The maximum atomic E-state index is 13.4. The Morgan fingerprint density at radius 2 is 1.52 bits per heavy atom. The Bertz CT molecular complexity index is 1580. The molecule has 10 nitrogen and oxygen atoms in total. The molecule has 48 heavy (non-hydrogen) atoms. The lowest BCUT2D eigenvalue weighted by Crippen LogP contribution is -2.49. The van der Waals surface area contributed by atoms with E-state index in [9.17, 15) is 40.3 Å². The van der Waals surface area contributed by atoms with Crippen LogP contribution in [0.1, 0.15) is 41.6 Å². The molecule has 2 aromatic carbocycles. The third kappa shape index (κ3) is 9.85. The second-order valence-corrected chi connectivity index (χ2v) is 11.2. The van der Waals surface area contributed by atoms with Crippen LogP contribution in [0.5, 0.6) is 0 Å². The van der Waals surface area contributed by atoms with Crippen LogP contribution in [-0.2, 0) is 14.4 Å². The minimum Gasteiger partial charge on any atom is -0.475 e. The molecule has 5 rings (SSSR count). The number of hydrogen-bond donors (Lipinski definition) is 4. The van der Waals surface area contributed by atoms with Crippen molar-refractivity contribution in [2.75, 3.05) is 26.2 Å². The number of hydrogen-bond acceptors (Lipinski definition) is 6. The molecule has 4 N–H and O–H groups in total. The predicted molar refractivity (Wildman–Crippen MR) is 156 cm³/mol. The van der Waals surface area contributed by atoms with E-state index in [1.54, 1.807) is 18.3 Å². The minimum atomic E-state index is -5.08. The van der Waals surface area contributed by atoms with Gasteiger partial charge in [0.2, 0.25) is 5.91 Å². The fraction of sp³-hybridized carbons (Fsp3) is 0.387. The van der Waals surface area contributed by atoms with Gasteiger partial charge in [-0.25, -0.2) is 14.0 Å². The van der Waals surface area contributed by atoms with E-state index >= 15 is 0 Å². The van der Waals surface area contributed by atoms with Crippen LogP contribution in [-0.4, -0.2) is 88.4 Å². The fourth-order valence-electron chi connectivity index (χ4n) is 5.50. The van der Waals surface area contributed by atoms with Gasteiger partial charge in [0.1, 0.15) is 5.82 Å². The van der Waals surface area contributed by atoms with Gasteiger partial charge in [0.05, 0.1) is 16.5 Å². The number of alkyl halides is 6. The Kier molecular flexibility index (Phi) is 12.1. The molecule has 0 saturated carbocycles. The van der Waals surface area contributed by atoms with Gasteiger partial charge in [-0.1, -0.05) is 30.3 Å². The highest BCUT2D eigenvalue weighted by molar-refractivity contribution is 5.97. The monoisotopic (exact) mass is 688 g/mol. The Hall–Kier alpha value is -4.80. The van der Waals surface area contributed by atoms with Crippen molar-refractivity contribution in [3.8, 4) is 0 Å². The highest BCUT2D eigenvalue weighted by Gasteiger charge is 2.52. The second-order valence-electron chi connectivity index (χ2n) is 11.2. The summed E-state index contributed by atoms with van der Waals surface area (Å²) in [5.74, 6) is -5.75. The van der Waals surface area contributed by atoms with Gasteiger partial charge in [-0.15, -0.1) is 0 Å². The molecule has 2 atom stereocenters. The van der Waals surface area contributed by atoms with E-state index in [1.807, 2.05) is 37.3 Å². The Morgan fingerprint density at radius 1 is 0.979 bits per heavy atom. The van der Waals surface area contributed by atoms with E-state index in [0.717, 1.165) is 42.4 Å². The van der Waals surface area contributed by atoms with Crippen molar-refractivity contribution in [2.45, 2.75) is 44.1 Å². The first-order valence-electron chi connectivity index (χ1n) is 14.4. The van der Waals surface area contributed by atoms with Gasteiger partial charge in [-0.3, -0.25) is 14.6 Å². The number of nitrogens with zero attached hydrogens (tertiary/aromatic N) is 2. The first kappa shape index (κ1) is 37.7. The number of rotatable bonds is 5. The molecule has 0 radical (unpaired) electrons. The van der Waals surface area contributed by atoms with E-state index < -0.39 is 29.7 Å². The number of aromatic nitrogens is 1. The van der Waals surface area contributed by atoms with Gasteiger partial charge in [0, 0.05) is 36.6 Å². The van der Waals surface area contributed by atoms with Crippen LogP contribution in [0, 0.1) is 11.2 Å². The number of fused-ring (bicyclic) bond motifs is 1. The summed E-state index contributed by atoms with van der Waals surface area (Å²) in [6.07, 6.45) is -7.06. The number of nitrogens with one attached hydrogen (secondary N) is 2. The van der Waals surface area contributed by atoms with Gasteiger partial charge in [0.25, 0.3) is 5.91 Å². The highest BCUT2D eigenvalue weighted by atomic mass is 19.4. The summed E-state index contributed by atoms with van der Waals surface area (Å²) >= 11 is 0. The van der Waals surface area contributed by atoms with Crippen molar-refractivity contribution in [1.29, 1.82) is 0 Å². The molecule has 2 aliphatic heterocycles. The van der Waals surface area contributed by atoms with Gasteiger partial charge in [0.15, 0.2) is 0 Å². The Morgan fingerprint density at radius 3 is 2.06 bits per heavy atom. The van der Waals surface area contributed by atoms with Crippen molar-refractivity contribution in [3.05, 3.63) is 77.7 Å². The summed E-state index contributed by atoms with van der Waals surface area (Å²) in [7, 11) is 0. The fourth-order valence-corrected chi connectivity index (χ4v) is 5.50. The molecule has 2 saturated heterocycles. The number of likely N-dealkylation sites (tertiary alicyclic amines) is 1. The number of benzene rings is 2. The largest absolute Gasteiger partial charge is 0.490 e. The van der Waals surface area contributed by atoms with Crippen LogP contribution in [0.2, 0.25) is 0 Å². The number of carbonyl (C=O) groups excluding carboxylic acids is 2. The molecule has 2 aliphatic rings. The van der Waals surface area contributed by atoms with Crippen molar-refractivity contribution >= 4 is 34.7 Å². The normalized spacial score (nSPS) is 18.1. The lowest BCUT2D eigenvalue weighted by Gasteiger charge is -2.41. The molecule has 0 unspecified atom stereocenters. The second kappa shape index (κ2) is 15.4. The lowest BCUT2D eigenvalue weighted by atomic mass is 9.68. The zero-order valence-electron chi connectivity index (χ0n) is 25.2. The smallest absolute Gasteiger partial charge is 0.475 e. The van der Waals surface area contributed by atoms with Crippen LogP contribution in [0.3, 0.4) is 0 Å². The van der Waals surface area contributed by atoms with E-state index in [2.05, 4.69) is 20.5 Å². The van der Waals surface area contributed by atoms with Crippen LogP contribution in [0.15, 0.2) is 60.8 Å². The summed E-state index contributed by atoms with van der Waals surface area (Å²) in [5.41, 5.74) is 1.98. The van der Waals surface area contributed by atoms with Crippen molar-refractivity contribution < 1.29 is 60.1 Å². The maximum Gasteiger partial charge on any atom is 0.490 e. The molecule has 17 heteroatoms. The van der Waals surface area contributed by atoms with E-state index in [4.69, 9.17) is 19.8 Å². The van der Waals surface area contributed by atoms with E-state index in [0.29, 0.717) is 18.7 Å². The molecule has 1 aromatic heterocycles. The average Bonchev–Trinajstić information content (AvgIpc) is 3.32. The van der Waals surface area contributed by atoms with Crippen LogP contribution >= 0.6 is 0 Å². The topological polar surface area (TPSA) is 149 Å². The van der Waals surface area contributed by atoms with Crippen molar-refractivity contribution in [1.82, 2.24) is 20.5 Å². The third-order valence-corrected chi connectivity index (χ3v) is 7.85. The summed E-state index contributed by atoms with van der Waals surface area (Å²) in [6, 6.07) is 16.1. The number of halogens is 7. The summed E-state index contributed by atoms with van der Waals surface area (Å²) in [4.78, 5) is 50.1. The number of carboxylic acid groups (broad SMARTS) is 2. The average molecular weight is 689 g/mol. The van der Waals surface area contributed by atoms with Crippen LogP contribution < -0.4 is 10.6 Å². The zero-order valence-corrected chi connectivity index (χ0v) is 25.2. The van der Waals surface area contributed by atoms with Gasteiger partial charge >= 0.3 is 24.3 Å². The predicted octanol–water partition coefficient (Wildman–Crippen LogP) is 4.75. The Balaban J connectivity index is 0.000000376. The van der Waals surface area contributed by atoms with E-state index in [1.165, 1.54) is 12.1 Å². The van der Waals surface area contributed by atoms with Crippen molar-refractivity contribution in [3.63, 3.8) is 0 Å². The van der Waals surface area contributed by atoms with Crippen LogP contribution in [0.25, 0.3) is 10.9 Å². The van der Waals surface area contributed by atoms with E-state index in [-0.39, 0.29) is 29.6 Å². The van der Waals surface area contributed by atoms with Gasteiger partial charge in [-0.2, -0.15) is 26.3 Å². The summed E-state index contributed by atoms with van der Waals surface area (Å²) < 4.78 is 76.9. The standard InChI is InChI=1S/C27H29FN4O2.2C2HF3O2/c1-18(31-25(33)21-14-20-4-2-3-5-24(20)29-15-21)17-32-12-10-27(11-13-32)23(16-30-26(27)34)19-6-8-22(28)9-7-19;2*3-2(4,5)1(6)7/h2-9,14-15,18,23H,10-13,16-17H2,1H3,(H,30,34)(H,31,33);2*(H,6,7)/t18-,23+;;/m0../s1. The van der Waals surface area contributed by atoms with Crippen LogP contribution in [0.4, 0.5) is 30.7 Å². The highest BCUT2D eigenvalue weighted by Crippen LogP contribution is 2.47. The summed E-state index contributed by atoms with van der Waals surface area (Å²) in [6.45, 7) is 4.87. The molecule has 260 valence electrons. The third-order valence-electron chi connectivity index (χ3n) is 7.85. The van der Waals surface area contributed by atoms with Gasteiger partial charge < -0.3 is 25.7 Å². The molecular formula is C31H31F7N4O6. The molecule has 0 aliphatic carbocycles. The number of aliphatic carboxylic acids is 2. The number of carbonyl (C=O) groups is 4. The molecular weight excluding hydrogens is 657 g/mol. The van der Waals surface area contributed by atoms with Crippen molar-refractivity contribution in [2.24, 2.45) is 5.41 Å². The first-order valence-corrected chi connectivity index (χ1v) is 14.4. The molecule has 2 amide bonds. The molecule has 0 bridgehead atoms. The number of pyridine rings is 1. The van der Waals surface area contributed by atoms with Gasteiger partial charge in [-0.05, 0) is 62.7 Å². The number of carboxylic acids is 2. The first-order chi connectivity index (χ1) is 22.3. The SMILES string of the molecule is C[C@@H](CN1CCC2(CC1)C(=O)NC[C@@H]2c1ccc(F)cc1)NC(=O)c1cnc2ccccc2c1.O=C(O)C(F)(F)F.O=C(O)C(F)(F)F. The summed E-state index contributed by atoms with van der Waals surface area (Å²) in [5, 5.41) is 21.3. The lowest BCUT2D eigenvalue weighted by molar-refractivity contribution is -0.193. The molecule has 3 aromatic rings. The number of amides is 2.